The van der Waals surface area contributed by atoms with Gasteiger partial charge in [0.15, 0.2) is 5.65 Å². The monoisotopic (exact) mass is 638 g/mol. The first-order chi connectivity index (χ1) is 21.3. The van der Waals surface area contributed by atoms with Crippen molar-refractivity contribution in [3.8, 4) is 0 Å². The predicted molar refractivity (Wildman–Crippen MR) is 150 cm³/mol. The third kappa shape index (κ3) is 6.75. The highest BCUT2D eigenvalue weighted by Gasteiger charge is 2.49. The van der Waals surface area contributed by atoms with Crippen molar-refractivity contribution in [2.75, 3.05) is 13.2 Å². The Morgan fingerprint density at radius 1 is 1.18 bits per heavy atom. The number of amides is 3. The molecule has 2 saturated carbocycles. The Bertz CT molecular complexity index is 1540. The van der Waals surface area contributed by atoms with Crippen LogP contribution >= 0.6 is 0 Å². The van der Waals surface area contributed by atoms with Gasteiger partial charge in [-0.25, -0.2) is 23.1 Å². The van der Waals surface area contributed by atoms with Crippen molar-refractivity contribution >= 4 is 17.6 Å². The number of carbonyl (C=O) groups excluding carboxylic acids is 2. The van der Waals surface area contributed by atoms with Crippen LogP contribution in [-0.2, 0) is 4.74 Å². The number of carbonyl (C=O) groups is 2. The van der Waals surface area contributed by atoms with E-state index in [9.17, 15) is 31.5 Å². The number of ether oxygens (including phenoxy) is 1. The second-order valence-electron chi connectivity index (χ2n) is 12.4. The fraction of sp³-hybridized carbons (Fsp3) is 0.621. The highest BCUT2D eigenvalue weighted by atomic mass is 19.4. The number of nitrogens with one attached hydrogen (secondary N) is 2. The third-order valence-corrected chi connectivity index (χ3v) is 8.70. The van der Waals surface area contributed by atoms with Gasteiger partial charge in [-0.05, 0) is 57.6 Å². The number of fused-ring (bicyclic) bond motifs is 1. The predicted octanol–water partition coefficient (Wildman–Crippen LogP) is 4.98. The summed E-state index contributed by atoms with van der Waals surface area (Å²) in [4.78, 5) is 31.9. The van der Waals surface area contributed by atoms with E-state index in [1.807, 2.05) is 19.2 Å². The lowest BCUT2D eigenvalue weighted by Crippen LogP contribution is -2.40. The molecule has 3 atom stereocenters. The van der Waals surface area contributed by atoms with Crippen LogP contribution in [0.25, 0.3) is 5.65 Å². The smallest absolute Gasteiger partial charge is 0.376 e. The average Bonchev–Trinajstić information content (AvgIpc) is 3.32. The van der Waals surface area contributed by atoms with E-state index in [0.717, 1.165) is 17.7 Å². The first kappa shape index (κ1) is 31.2. The Kier molecular flexibility index (Phi) is 8.20. The number of imidazole rings is 1. The summed E-state index contributed by atoms with van der Waals surface area (Å²) in [5.41, 5.74) is 1.47. The van der Waals surface area contributed by atoms with E-state index in [0.29, 0.717) is 22.6 Å². The maximum Gasteiger partial charge on any atom is 0.410 e. The van der Waals surface area contributed by atoms with Crippen molar-refractivity contribution in [1.82, 2.24) is 39.9 Å². The Balaban J connectivity index is 1.30. The zero-order chi connectivity index (χ0) is 32.1. The first-order valence-electron chi connectivity index (χ1n) is 15.1. The minimum atomic E-state index is -4.61. The molecule has 0 spiro atoms. The summed E-state index contributed by atoms with van der Waals surface area (Å²) < 4.78 is 77.4. The van der Waals surface area contributed by atoms with Gasteiger partial charge in [0.05, 0.1) is 49.4 Å². The molecule has 244 valence electrons. The summed E-state index contributed by atoms with van der Waals surface area (Å²) in [6, 6.07) is -1.34. The molecule has 3 fully saturated rings. The van der Waals surface area contributed by atoms with Gasteiger partial charge in [0.2, 0.25) is 5.92 Å². The fourth-order valence-electron chi connectivity index (χ4n) is 6.03. The van der Waals surface area contributed by atoms with E-state index in [-0.39, 0.29) is 50.4 Å². The second kappa shape index (κ2) is 11.8. The van der Waals surface area contributed by atoms with Crippen LogP contribution in [-0.4, -0.2) is 78.6 Å². The highest BCUT2D eigenvalue weighted by molar-refractivity contribution is 5.92. The highest BCUT2D eigenvalue weighted by Crippen LogP contribution is 2.41. The van der Waals surface area contributed by atoms with Crippen LogP contribution in [0.15, 0.2) is 30.7 Å². The summed E-state index contributed by atoms with van der Waals surface area (Å²) in [5.74, 6) is -3.53. The fourth-order valence-corrected chi connectivity index (χ4v) is 6.03. The lowest BCUT2D eigenvalue weighted by molar-refractivity contribution is -0.150. The number of nitrogens with zero attached hydrogens (tertiary/aromatic N) is 6. The molecule has 3 amide bonds. The first-order valence-corrected chi connectivity index (χ1v) is 15.1. The molecule has 16 heteroatoms. The van der Waals surface area contributed by atoms with Gasteiger partial charge in [0.1, 0.15) is 11.7 Å². The molecule has 1 aliphatic heterocycles. The molecule has 6 rings (SSSR count). The van der Waals surface area contributed by atoms with E-state index in [4.69, 9.17) is 9.72 Å². The van der Waals surface area contributed by atoms with Crippen LogP contribution in [0.1, 0.15) is 92.2 Å². The molecule has 3 aliphatic rings. The third-order valence-electron chi connectivity index (χ3n) is 8.70. The number of alkyl halides is 5. The largest absolute Gasteiger partial charge is 0.410 e. The average molecular weight is 639 g/mol. The number of aromatic nitrogens is 5. The molecule has 1 saturated heterocycles. The topological polar surface area (TPSA) is 119 Å². The molecular weight excluding hydrogens is 603 g/mol. The van der Waals surface area contributed by atoms with Crippen LogP contribution in [0.3, 0.4) is 0 Å². The maximum atomic E-state index is 14.1. The van der Waals surface area contributed by atoms with Crippen LogP contribution in [0.5, 0.6) is 0 Å². The summed E-state index contributed by atoms with van der Waals surface area (Å²) >= 11 is 0. The summed E-state index contributed by atoms with van der Waals surface area (Å²) in [6.07, 6.45) is 1.32. The molecule has 4 heterocycles. The molecule has 0 unspecified atom stereocenters. The van der Waals surface area contributed by atoms with Crippen LogP contribution < -0.4 is 10.6 Å². The molecular formula is C29H35F5N8O3. The van der Waals surface area contributed by atoms with Gasteiger partial charge < -0.3 is 20.3 Å². The molecule has 0 aromatic carbocycles. The van der Waals surface area contributed by atoms with Crippen LogP contribution in [0.2, 0.25) is 0 Å². The van der Waals surface area contributed by atoms with Crippen molar-refractivity contribution in [2.45, 2.75) is 94.7 Å². The van der Waals surface area contributed by atoms with Crippen LogP contribution in [0.4, 0.5) is 26.7 Å². The molecule has 0 bridgehead atoms. The van der Waals surface area contributed by atoms with E-state index in [2.05, 4.69) is 15.5 Å². The zero-order valence-electron chi connectivity index (χ0n) is 24.8. The van der Waals surface area contributed by atoms with Gasteiger partial charge in [-0.1, -0.05) is 0 Å². The quantitative estimate of drug-likeness (QED) is 0.303. The van der Waals surface area contributed by atoms with Gasteiger partial charge in [-0.2, -0.15) is 23.4 Å². The van der Waals surface area contributed by atoms with Gasteiger partial charge >= 0.3 is 12.2 Å². The Hall–Kier alpha value is -3.82. The van der Waals surface area contributed by atoms with Gasteiger partial charge in [-0.3, -0.25) is 9.48 Å². The van der Waals surface area contributed by atoms with Gasteiger partial charge in [0.25, 0.3) is 5.91 Å². The maximum absolute atomic E-state index is 14.1. The van der Waals surface area contributed by atoms with E-state index < -0.39 is 48.7 Å². The molecule has 11 nitrogen and oxygen atoms in total. The van der Waals surface area contributed by atoms with Crippen molar-refractivity contribution in [2.24, 2.45) is 5.92 Å². The number of hydrogen-bond donors (Lipinski definition) is 2. The zero-order valence-corrected chi connectivity index (χ0v) is 24.8. The number of rotatable bonds is 10. The van der Waals surface area contributed by atoms with E-state index in [1.165, 1.54) is 16.9 Å². The SMILES string of the molecule is CC(C)n1nccc1C(=O)N[C@H](c1cn2ncc([C@H](COC3CC3)N3C[C@@H](C(F)(F)F)NC3=O)cc2n1)C1CCC(F)(F)CC1. The molecule has 2 aliphatic carbocycles. The van der Waals surface area contributed by atoms with Crippen molar-refractivity contribution in [3.05, 3.63) is 47.7 Å². The van der Waals surface area contributed by atoms with Gasteiger partial charge in [0, 0.05) is 30.6 Å². The van der Waals surface area contributed by atoms with Crippen molar-refractivity contribution in [3.63, 3.8) is 0 Å². The van der Waals surface area contributed by atoms with Crippen molar-refractivity contribution < 1.29 is 36.3 Å². The molecule has 3 aromatic heterocycles. The lowest BCUT2D eigenvalue weighted by atomic mass is 9.81. The van der Waals surface area contributed by atoms with Crippen molar-refractivity contribution in [1.29, 1.82) is 0 Å². The second-order valence-corrected chi connectivity index (χ2v) is 12.4. The molecule has 0 radical (unpaired) electrons. The molecule has 3 aromatic rings. The minimum absolute atomic E-state index is 0.00876. The number of hydrogen-bond acceptors (Lipinski definition) is 6. The minimum Gasteiger partial charge on any atom is -0.376 e. The van der Waals surface area contributed by atoms with E-state index in [1.54, 1.807) is 23.0 Å². The normalized spacial score (nSPS) is 22.2. The summed E-state index contributed by atoms with van der Waals surface area (Å²) in [5, 5.41) is 13.6. The Labute approximate surface area is 255 Å². The number of halogens is 5. The molecule has 45 heavy (non-hydrogen) atoms. The van der Waals surface area contributed by atoms with Gasteiger partial charge in [-0.15, -0.1) is 0 Å². The standard InChI is InChI=1S/C29H35F5N8O3/c1-16(2)42-21(7-10-35-42)26(43)39-25(17-5-8-28(30,31)9-6-17)20-13-41-24(37-20)11-18(12-36-41)22(15-45-19-3-4-19)40-14-23(29(32,33)34)38-27(40)44/h7,10-13,16-17,19,22-23,25H,3-6,8-9,14-15H2,1-2H3,(H,38,44)(H,39,43)/t22-,23-,25-/m0/s1. The number of urea groups is 1. The van der Waals surface area contributed by atoms with Crippen LogP contribution in [0, 0.1) is 5.92 Å². The summed E-state index contributed by atoms with van der Waals surface area (Å²) in [7, 11) is 0. The summed E-state index contributed by atoms with van der Waals surface area (Å²) in [6.45, 7) is 3.16. The Morgan fingerprint density at radius 2 is 1.91 bits per heavy atom. The van der Waals surface area contributed by atoms with E-state index >= 15 is 0 Å². The molecule has 2 N–H and O–H groups in total. The Morgan fingerprint density at radius 3 is 2.56 bits per heavy atom. The lowest BCUT2D eigenvalue weighted by Gasteiger charge is -2.33.